The van der Waals surface area contributed by atoms with E-state index < -0.39 is 11.4 Å². The third-order valence-electron chi connectivity index (χ3n) is 4.67. The number of carboxylic acid groups (broad SMARTS) is 1. The minimum atomic E-state index is -0.695. The van der Waals surface area contributed by atoms with E-state index in [2.05, 4.69) is 40.3 Å². The van der Waals surface area contributed by atoms with Crippen LogP contribution in [0.25, 0.3) is 5.69 Å². The third kappa shape index (κ3) is 3.15. The largest absolute Gasteiger partial charge is 0.481 e. The molecule has 1 N–H and O–H groups in total. The topological polar surface area (TPSA) is 58.4 Å². The van der Waals surface area contributed by atoms with Gasteiger partial charge in [-0.25, -0.2) is 4.68 Å². The molecule has 5 heteroatoms. The van der Waals surface area contributed by atoms with Gasteiger partial charge in [-0.1, -0.05) is 12.1 Å². The molecule has 1 unspecified atom stereocenters. The van der Waals surface area contributed by atoms with Crippen LogP contribution in [0.15, 0.2) is 30.3 Å². The van der Waals surface area contributed by atoms with Crippen LogP contribution in [-0.4, -0.2) is 38.8 Å². The first-order chi connectivity index (χ1) is 10.9. The summed E-state index contributed by atoms with van der Waals surface area (Å²) in [5, 5.41) is 13.8. The van der Waals surface area contributed by atoms with E-state index in [1.54, 1.807) is 0 Å². The molecule has 1 atom stereocenters. The van der Waals surface area contributed by atoms with Gasteiger partial charge in [0.2, 0.25) is 0 Å². The minimum Gasteiger partial charge on any atom is -0.481 e. The molecule has 1 aromatic carbocycles. The Kier molecular flexibility index (Phi) is 3.98. The zero-order valence-electron chi connectivity index (χ0n) is 13.9. The van der Waals surface area contributed by atoms with Gasteiger partial charge in [-0.2, -0.15) is 5.10 Å². The normalized spacial score (nSPS) is 21.7. The lowest BCUT2D eigenvalue weighted by Gasteiger charge is -2.20. The van der Waals surface area contributed by atoms with Gasteiger partial charge in [0.1, 0.15) is 0 Å². The van der Waals surface area contributed by atoms with Gasteiger partial charge in [0.25, 0.3) is 0 Å². The highest BCUT2D eigenvalue weighted by Gasteiger charge is 2.40. The van der Waals surface area contributed by atoms with E-state index in [9.17, 15) is 9.90 Å². The maximum atomic E-state index is 11.3. The first-order valence-electron chi connectivity index (χ1n) is 7.96. The van der Waals surface area contributed by atoms with Crippen molar-refractivity contribution in [2.24, 2.45) is 5.41 Å². The molecule has 23 heavy (non-hydrogen) atoms. The average molecular weight is 313 g/mol. The summed E-state index contributed by atoms with van der Waals surface area (Å²) in [6, 6.07) is 10.4. The van der Waals surface area contributed by atoms with Gasteiger partial charge in [0.05, 0.1) is 16.8 Å². The smallest absolute Gasteiger partial charge is 0.310 e. The molecule has 2 heterocycles. The van der Waals surface area contributed by atoms with Crippen LogP contribution in [0.5, 0.6) is 0 Å². The van der Waals surface area contributed by atoms with Gasteiger partial charge in [-0.3, -0.25) is 9.69 Å². The third-order valence-corrected chi connectivity index (χ3v) is 4.67. The molecule has 1 saturated heterocycles. The molecule has 0 amide bonds. The summed E-state index contributed by atoms with van der Waals surface area (Å²) in [6.45, 7) is 8.11. The van der Waals surface area contributed by atoms with E-state index in [0.717, 1.165) is 30.2 Å². The summed E-state index contributed by atoms with van der Waals surface area (Å²) in [5.41, 5.74) is 3.77. The molecule has 0 bridgehead atoms. The van der Waals surface area contributed by atoms with Gasteiger partial charge in [0, 0.05) is 18.8 Å². The molecule has 0 saturated carbocycles. The van der Waals surface area contributed by atoms with Crippen molar-refractivity contribution in [3.8, 4) is 5.69 Å². The first-order valence-corrected chi connectivity index (χ1v) is 7.96. The van der Waals surface area contributed by atoms with Crippen LogP contribution in [-0.2, 0) is 11.3 Å². The van der Waals surface area contributed by atoms with E-state index in [4.69, 9.17) is 0 Å². The number of nitrogens with zero attached hydrogens (tertiary/aromatic N) is 3. The predicted octanol–water partition coefficient (Wildman–Crippen LogP) is 2.79. The van der Waals surface area contributed by atoms with Crippen LogP contribution in [0.2, 0.25) is 0 Å². The van der Waals surface area contributed by atoms with Crippen molar-refractivity contribution in [1.29, 1.82) is 0 Å². The molecule has 122 valence electrons. The summed E-state index contributed by atoms with van der Waals surface area (Å²) >= 11 is 0. The lowest BCUT2D eigenvalue weighted by atomic mass is 9.90. The van der Waals surface area contributed by atoms with Crippen LogP contribution in [0.3, 0.4) is 0 Å². The summed E-state index contributed by atoms with van der Waals surface area (Å²) in [6.07, 6.45) is 0.714. The molecule has 2 aromatic rings. The Morgan fingerprint density at radius 2 is 2.00 bits per heavy atom. The SMILES string of the molecule is Cc1cc(C)n(-c2ccc(CN3CCC(C)(C(=O)O)C3)cc2)n1. The Hall–Kier alpha value is -2.14. The Balaban J connectivity index is 1.69. The predicted molar refractivity (Wildman–Crippen MR) is 88.7 cm³/mol. The molecule has 1 aromatic heterocycles. The molecule has 5 nitrogen and oxygen atoms in total. The van der Waals surface area contributed by atoms with Crippen molar-refractivity contribution in [2.45, 2.75) is 33.7 Å². The number of carbonyl (C=O) groups is 1. The number of hydrogen-bond donors (Lipinski definition) is 1. The second-order valence-corrected chi connectivity index (χ2v) is 6.83. The Morgan fingerprint density at radius 3 is 2.52 bits per heavy atom. The fourth-order valence-electron chi connectivity index (χ4n) is 3.26. The standard InChI is InChI=1S/C18H23N3O2/c1-13-10-14(2)21(19-13)16-6-4-15(5-7-16)11-20-9-8-18(3,12-20)17(22)23/h4-7,10H,8-9,11-12H2,1-3H3,(H,22,23). The number of likely N-dealkylation sites (tertiary alicyclic amines) is 1. The highest BCUT2D eigenvalue weighted by molar-refractivity contribution is 5.74. The van der Waals surface area contributed by atoms with E-state index in [0.29, 0.717) is 13.0 Å². The molecule has 0 radical (unpaired) electrons. The summed E-state index contributed by atoms with van der Waals surface area (Å²) in [5.74, 6) is -0.695. The molecule has 1 aliphatic rings. The molecular weight excluding hydrogens is 290 g/mol. The zero-order valence-corrected chi connectivity index (χ0v) is 13.9. The van der Waals surface area contributed by atoms with E-state index >= 15 is 0 Å². The van der Waals surface area contributed by atoms with Crippen LogP contribution in [0, 0.1) is 19.3 Å². The number of hydrogen-bond acceptors (Lipinski definition) is 3. The summed E-state index contributed by atoms with van der Waals surface area (Å²) in [7, 11) is 0. The van der Waals surface area contributed by atoms with Gasteiger partial charge < -0.3 is 5.11 Å². The van der Waals surface area contributed by atoms with Crippen LogP contribution >= 0.6 is 0 Å². The summed E-state index contributed by atoms with van der Waals surface area (Å²) < 4.78 is 1.94. The highest BCUT2D eigenvalue weighted by Crippen LogP contribution is 2.31. The Morgan fingerprint density at radius 1 is 1.30 bits per heavy atom. The van der Waals surface area contributed by atoms with Crippen molar-refractivity contribution in [3.05, 3.63) is 47.3 Å². The molecular formula is C18H23N3O2. The van der Waals surface area contributed by atoms with E-state index in [1.165, 1.54) is 5.56 Å². The number of aromatic nitrogens is 2. The Bertz CT molecular complexity index is 720. The van der Waals surface area contributed by atoms with E-state index in [-0.39, 0.29) is 0 Å². The highest BCUT2D eigenvalue weighted by atomic mass is 16.4. The number of benzene rings is 1. The molecule has 0 spiro atoms. The lowest BCUT2D eigenvalue weighted by Crippen LogP contribution is -2.31. The van der Waals surface area contributed by atoms with Gasteiger partial charge in [-0.15, -0.1) is 0 Å². The van der Waals surface area contributed by atoms with Crippen molar-refractivity contribution in [3.63, 3.8) is 0 Å². The quantitative estimate of drug-likeness (QED) is 0.943. The molecule has 0 aliphatic carbocycles. The van der Waals surface area contributed by atoms with Crippen molar-refractivity contribution >= 4 is 5.97 Å². The number of aliphatic carboxylic acids is 1. The van der Waals surface area contributed by atoms with Gasteiger partial charge in [-0.05, 0) is 57.5 Å². The van der Waals surface area contributed by atoms with E-state index in [1.807, 2.05) is 25.5 Å². The van der Waals surface area contributed by atoms with Crippen molar-refractivity contribution < 1.29 is 9.90 Å². The minimum absolute atomic E-state index is 0.607. The first kappa shape index (κ1) is 15.7. The van der Waals surface area contributed by atoms with Gasteiger partial charge >= 0.3 is 5.97 Å². The Labute approximate surface area is 136 Å². The van der Waals surface area contributed by atoms with Crippen molar-refractivity contribution in [1.82, 2.24) is 14.7 Å². The molecule has 1 aliphatic heterocycles. The van der Waals surface area contributed by atoms with Crippen LogP contribution in [0.1, 0.15) is 30.3 Å². The van der Waals surface area contributed by atoms with Crippen LogP contribution < -0.4 is 0 Å². The maximum Gasteiger partial charge on any atom is 0.310 e. The molecule has 1 fully saturated rings. The average Bonchev–Trinajstić information content (AvgIpc) is 3.03. The fraction of sp³-hybridized carbons (Fsp3) is 0.444. The van der Waals surface area contributed by atoms with Crippen LogP contribution in [0.4, 0.5) is 0 Å². The fourth-order valence-corrected chi connectivity index (χ4v) is 3.26. The molecule has 3 rings (SSSR count). The number of aryl methyl sites for hydroxylation is 2. The summed E-state index contributed by atoms with van der Waals surface area (Å²) in [4.78, 5) is 13.5. The maximum absolute atomic E-state index is 11.3. The number of rotatable bonds is 4. The lowest BCUT2D eigenvalue weighted by molar-refractivity contribution is -0.147. The van der Waals surface area contributed by atoms with Crippen molar-refractivity contribution in [2.75, 3.05) is 13.1 Å². The monoisotopic (exact) mass is 313 g/mol. The second kappa shape index (κ2) is 5.81. The number of carboxylic acids is 1. The second-order valence-electron chi connectivity index (χ2n) is 6.83. The van der Waals surface area contributed by atoms with Gasteiger partial charge in [0.15, 0.2) is 0 Å². The zero-order chi connectivity index (χ0) is 16.6.